The number of nitrogens with two attached hydrogens (primary N) is 1. The molecule has 0 saturated carbocycles. The van der Waals surface area contributed by atoms with Gasteiger partial charge in [0, 0.05) is 12.1 Å². The smallest absolute Gasteiger partial charge is 0.237 e. The summed E-state index contributed by atoms with van der Waals surface area (Å²) in [6.45, 7) is 1.96. The first-order valence-electron chi connectivity index (χ1n) is 5.79. The summed E-state index contributed by atoms with van der Waals surface area (Å²) in [7, 11) is 0. The molecule has 0 spiro atoms. The van der Waals surface area contributed by atoms with Crippen LogP contribution < -0.4 is 11.1 Å². The van der Waals surface area contributed by atoms with E-state index >= 15 is 0 Å². The van der Waals surface area contributed by atoms with Gasteiger partial charge in [0.25, 0.3) is 0 Å². The lowest BCUT2D eigenvalue weighted by atomic mass is 9.72. The highest BCUT2D eigenvalue weighted by atomic mass is 35.5. The van der Waals surface area contributed by atoms with Crippen molar-refractivity contribution in [1.29, 1.82) is 0 Å². The predicted octanol–water partition coefficient (Wildman–Crippen LogP) is 1.77. The van der Waals surface area contributed by atoms with Crippen molar-refractivity contribution in [3.63, 3.8) is 0 Å². The van der Waals surface area contributed by atoms with E-state index in [9.17, 15) is 9.59 Å². The van der Waals surface area contributed by atoms with Crippen LogP contribution in [0.3, 0.4) is 0 Å². The number of rotatable bonds is 2. The molecule has 0 radical (unpaired) electrons. The van der Waals surface area contributed by atoms with Crippen LogP contribution in [0.15, 0.2) is 24.3 Å². The van der Waals surface area contributed by atoms with Crippen molar-refractivity contribution in [2.45, 2.75) is 31.6 Å². The normalized spacial score (nSPS) is 23.2. The molecular weight excluding hydrogens is 252 g/mol. The highest BCUT2D eigenvalue weighted by Crippen LogP contribution is 2.35. The molecule has 2 amide bonds. The van der Waals surface area contributed by atoms with E-state index in [1.165, 1.54) is 0 Å². The molecule has 1 atom stereocenters. The van der Waals surface area contributed by atoms with E-state index in [0.29, 0.717) is 24.9 Å². The lowest BCUT2D eigenvalue weighted by Crippen LogP contribution is -2.51. The van der Waals surface area contributed by atoms with Gasteiger partial charge in [-0.15, -0.1) is 12.4 Å². The quantitative estimate of drug-likeness (QED) is 0.634. The zero-order valence-electron chi connectivity index (χ0n) is 10.2. The predicted molar refractivity (Wildman–Crippen MR) is 72.5 cm³/mol. The third-order valence-corrected chi connectivity index (χ3v) is 3.53. The number of imide groups is 1. The molecular formula is C13H17ClN2O2. The maximum atomic E-state index is 12.1. The van der Waals surface area contributed by atoms with Crippen LogP contribution >= 0.6 is 12.4 Å². The van der Waals surface area contributed by atoms with Gasteiger partial charge in [0.2, 0.25) is 11.8 Å². The molecule has 3 N–H and O–H groups in total. The third-order valence-electron chi connectivity index (χ3n) is 3.53. The van der Waals surface area contributed by atoms with Gasteiger partial charge in [0.05, 0.1) is 5.41 Å². The van der Waals surface area contributed by atoms with Crippen LogP contribution in [0.25, 0.3) is 0 Å². The summed E-state index contributed by atoms with van der Waals surface area (Å²) in [6, 6.07) is 7.31. The molecule has 1 aliphatic rings. The highest BCUT2D eigenvalue weighted by molar-refractivity contribution is 6.03. The first kappa shape index (κ1) is 14.5. The average molecular weight is 269 g/mol. The summed E-state index contributed by atoms with van der Waals surface area (Å²) in [5, 5.41) is 2.43. The number of hydrogen-bond donors (Lipinski definition) is 2. The number of benzene rings is 1. The molecule has 0 aromatic heterocycles. The Morgan fingerprint density at radius 1 is 1.28 bits per heavy atom. The van der Waals surface area contributed by atoms with Gasteiger partial charge in [-0.1, -0.05) is 19.1 Å². The number of anilines is 1. The van der Waals surface area contributed by atoms with Crippen molar-refractivity contribution in [3.05, 3.63) is 29.8 Å². The van der Waals surface area contributed by atoms with E-state index in [1.807, 2.05) is 19.1 Å². The number of piperidine rings is 1. The molecule has 1 aromatic rings. The monoisotopic (exact) mass is 268 g/mol. The summed E-state index contributed by atoms with van der Waals surface area (Å²) in [6.07, 6.45) is 1.64. The standard InChI is InChI=1S/C13H16N2O2.ClH/c1-2-13(8-7-11(16)15-12(13)17)9-3-5-10(14)6-4-9;/h3-6H,2,7-8,14H2,1H3,(H,15,16,17);1H. The SMILES string of the molecule is CCC1(c2ccc(N)cc2)CCC(=O)NC1=O.Cl. The molecule has 5 heteroatoms. The molecule has 1 unspecified atom stereocenters. The molecule has 98 valence electrons. The number of hydrogen-bond acceptors (Lipinski definition) is 3. The molecule has 18 heavy (non-hydrogen) atoms. The van der Waals surface area contributed by atoms with Gasteiger partial charge in [-0.3, -0.25) is 14.9 Å². The topological polar surface area (TPSA) is 72.2 Å². The minimum absolute atomic E-state index is 0. The van der Waals surface area contributed by atoms with Crippen LogP contribution in [-0.2, 0) is 15.0 Å². The van der Waals surface area contributed by atoms with Crippen LogP contribution in [0.2, 0.25) is 0 Å². The summed E-state index contributed by atoms with van der Waals surface area (Å²) >= 11 is 0. The van der Waals surface area contributed by atoms with E-state index in [4.69, 9.17) is 5.73 Å². The van der Waals surface area contributed by atoms with Gasteiger partial charge in [0.1, 0.15) is 0 Å². The first-order valence-corrected chi connectivity index (χ1v) is 5.79. The van der Waals surface area contributed by atoms with E-state index in [0.717, 1.165) is 5.56 Å². The summed E-state index contributed by atoms with van der Waals surface area (Å²) < 4.78 is 0. The van der Waals surface area contributed by atoms with Crippen molar-refractivity contribution in [3.8, 4) is 0 Å². The average Bonchev–Trinajstić information content (AvgIpc) is 2.31. The summed E-state index contributed by atoms with van der Waals surface area (Å²) in [5.74, 6) is -0.379. The van der Waals surface area contributed by atoms with Crippen molar-refractivity contribution >= 4 is 29.9 Å². The lowest BCUT2D eigenvalue weighted by Gasteiger charge is -2.34. The van der Waals surface area contributed by atoms with Crippen LogP contribution in [0.1, 0.15) is 31.7 Å². The van der Waals surface area contributed by atoms with Crippen molar-refractivity contribution in [1.82, 2.24) is 5.32 Å². The number of nitrogen functional groups attached to an aromatic ring is 1. The maximum absolute atomic E-state index is 12.1. The summed E-state index contributed by atoms with van der Waals surface area (Å²) in [5.41, 5.74) is 6.66. The fourth-order valence-electron chi connectivity index (χ4n) is 2.37. The zero-order valence-corrected chi connectivity index (χ0v) is 11.0. The van der Waals surface area contributed by atoms with Gasteiger partial charge in [-0.25, -0.2) is 0 Å². The Kier molecular flexibility index (Phi) is 4.35. The van der Waals surface area contributed by atoms with E-state index in [2.05, 4.69) is 5.32 Å². The number of carbonyl (C=O) groups is 2. The van der Waals surface area contributed by atoms with Gasteiger partial charge in [0.15, 0.2) is 0 Å². The molecule has 1 aromatic carbocycles. The number of amides is 2. The third kappa shape index (κ3) is 2.34. The fourth-order valence-corrected chi connectivity index (χ4v) is 2.37. The Hall–Kier alpha value is -1.55. The number of halogens is 1. The Balaban J connectivity index is 0.00000162. The first-order chi connectivity index (χ1) is 8.08. The van der Waals surface area contributed by atoms with Gasteiger partial charge < -0.3 is 5.73 Å². The molecule has 1 saturated heterocycles. The van der Waals surface area contributed by atoms with E-state index < -0.39 is 5.41 Å². The molecule has 1 aliphatic heterocycles. The minimum atomic E-state index is -0.582. The molecule has 2 rings (SSSR count). The zero-order chi connectivity index (χ0) is 12.5. The second-order valence-corrected chi connectivity index (χ2v) is 4.43. The Labute approximate surface area is 112 Å². The Morgan fingerprint density at radius 2 is 1.89 bits per heavy atom. The summed E-state index contributed by atoms with van der Waals surface area (Å²) in [4.78, 5) is 23.3. The molecule has 1 fully saturated rings. The van der Waals surface area contributed by atoms with E-state index in [1.54, 1.807) is 12.1 Å². The minimum Gasteiger partial charge on any atom is -0.399 e. The highest BCUT2D eigenvalue weighted by Gasteiger charge is 2.42. The largest absolute Gasteiger partial charge is 0.399 e. The molecule has 1 heterocycles. The maximum Gasteiger partial charge on any atom is 0.237 e. The van der Waals surface area contributed by atoms with Crippen molar-refractivity contribution in [2.24, 2.45) is 0 Å². The van der Waals surface area contributed by atoms with E-state index in [-0.39, 0.29) is 24.2 Å². The van der Waals surface area contributed by atoms with Crippen molar-refractivity contribution < 1.29 is 9.59 Å². The van der Waals surface area contributed by atoms with Gasteiger partial charge in [-0.05, 0) is 30.5 Å². The fraction of sp³-hybridized carbons (Fsp3) is 0.385. The van der Waals surface area contributed by atoms with Gasteiger partial charge >= 0.3 is 0 Å². The number of carbonyl (C=O) groups excluding carboxylic acids is 2. The van der Waals surface area contributed by atoms with Crippen molar-refractivity contribution in [2.75, 3.05) is 5.73 Å². The second kappa shape index (κ2) is 5.40. The molecule has 0 bridgehead atoms. The lowest BCUT2D eigenvalue weighted by molar-refractivity contribution is -0.138. The Bertz CT molecular complexity index is 459. The van der Waals surface area contributed by atoms with Crippen LogP contribution in [0, 0.1) is 0 Å². The van der Waals surface area contributed by atoms with Crippen LogP contribution in [-0.4, -0.2) is 11.8 Å². The Morgan fingerprint density at radius 3 is 2.39 bits per heavy atom. The van der Waals surface area contributed by atoms with Gasteiger partial charge in [-0.2, -0.15) is 0 Å². The van der Waals surface area contributed by atoms with Crippen LogP contribution in [0.4, 0.5) is 5.69 Å². The van der Waals surface area contributed by atoms with Crippen LogP contribution in [0.5, 0.6) is 0 Å². The molecule has 0 aliphatic carbocycles. The number of nitrogens with one attached hydrogen (secondary N) is 1. The second-order valence-electron chi connectivity index (χ2n) is 4.43. The molecule has 4 nitrogen and oxygen atoms in total.